The zero-order chi connectivity index (χ0) is 18.2. The first-order valence-corrected chi connectivity index (χ1v) is 9.49. The van der Waals surface area contributed by atoms with Crippen LogP contribution < -0.4 is 10.6 Å². The highest BCUT2D eigenvalue weighted by atomic mass is 32.2. The number of aliphatic carboxylic acids is 1. The minimum absolute atomic E-state index is 0.0219. The van der Waals surface area contributed by atoms with Crippen LogP contribution in [0.1, 0.15) is 18.4 Å². The van der Waals surface area contributed by atoms with Gasteiger partial charge in [-0.2, -0.15) is 11.8 Å². The fourth-order valence-electron chi connectivity index (χ4n) is 2.70. The number of benzene rings is 1. The van der Waals surface area contributed by atoms with Crippen molar-refractivity contribution in [3.05, 3.63) is 35.9 Å². The molecule has 1 aromatic rings. The summed E-state index contributed by atoms with van der Waals surface area (Å²) < 4.78 is 0. The molecule has 0 aliphatic carbocycles. The summed E-state index contributed by atoms with van der Waals surface area (Å²) in [5.74, 6) is -0.437. The number of carbonyl (C=O) groups is 3. The molecule has 1 aliphatic heterocycles. The van der Waals surface area contributed by atoms with Crippen molar-refractivity contribution in [3.63, 3.8) is 0 Å². The fourth-order valence-corrected chi connectivity index (χ4v) is 3.18. The number of likely N-dealkylation sites (tertiary alicyclic amines) is 1. The van der Waals surface area contributed by atoms with Crippen molar-refractivity contribution in [3.8, 4) is 0 Å². The first-order valence-electron chi connectivity index (χ1n) is 8.10. The van der Waals surface area contributed by atoms with E-state index in [9.17, 15) is 14.4 Å². The van der Waals surface area contributed by atoms with Gasteiger partial charge in [0.2, 0.25) is 5.91 Å². The number of nitrogens with one attached hydrogen (secondary N) is 2. The second kappa shape index (κ2) is 9.31. The summed E-state index contributed by atoms with van der Waals surface area (Å²) in [4.78, 5) is 37.0. The van der Waals surface area contributed by atoms with Crippen LogP contribution in [0.5, 0.6) is 0 Å². The zero-order valence-electron chi connectivity index (χ0n) is 14.1. The van der Waals surface area contributed by atoms with E-state index in [1.54, 1.807) is 4.90 Å². The van der Waals surface area contributed by atoms with Gasteiger partial charge in [0.15, 0.2) is 0 Å². The number of hydrogen-bond acceptors (Lipinski definition) is 4. The van der Waals surface area contributed by atoms with E-state index in [0.29, 0.717) is 25.3 Å². The quantitative estimate of drug-likeness (QED) is 0.645. The van der Waals surface area contributed by atoms with Crippen molar-refractivity contribution in [2.45, 2.75) is 31.5 Å². The van der Waals surface area contributed by atoms with E-state index >= 15 is 0 Å². The van der Waals surface area contributed by atoms with Crippen molar-refractivity contribution >= 4 is 29.7 Å². The first-order chi connectivity index (χ1) is 12.0. The summed E-state index contributed by atoms with van der Waals surface area (Å²) in [6.07, 6.45) is 2.46. The molecule has 2 rings (SSSR count). The van der Waals surface area contributed by atoms with E-state index in [-0.39, 0.29) is 18.4 Å². The monoisotopic (exact) mass is 365 g/mol. The number of rotatable bonds is 8. The molecule has 3 amide bonds. The Morgan fingerprint density at radius 1 is 1.36 bits per heavy atom. The number of carboxylic acid groups (broad SMARTS) is 1. The van der Waals surface area contributed by atoms with Crippen molar-refractivity contribution in [1.82, 2.24) is 15.5 Å². The van der Waals surface area contributed by atoms with Gasteiger partial charge < -0.3 is 20.6 Å². The van der Waals surface area contributed by atoms with Crippen LogP contribution in [-0.2, 0) is 16.1 Å². The third kappa shape index (κ3) is 5.97. The average molecular weight is 365 g/mol. The van der Waals surface area contributed by atoms with Gasteiger partial charge in [0.25, 0.3) is 0 Å². The van der Waals surface area contributed by atoms with Crippen LogP contribution >= 0.6 is 11.8 Å². The Morgan fingerprint density at radius 3 is 2.72 bits per heavy atom. The lowest BCUT2D eigenvalue weighted by molar-refractivity contribution is -0.139. The van der Waals surface area contributed by atoms with Crippen molar-refractivity contribution in [1.29, 1.82) is 0 Å². The van der Waals surface area contributed by atoms with Crippen LogP contribution in [0.15, 0.2) is 30.3 Å². The van der Waals surface area contributed by atoms with Crippen LogP contribution in [0.3, 0.4) is 0 Å². The summed E-state index contributed by atoms with van der Waals surface area (Å²) in [6.45, 7) is 0.925. The van der Waals surface area contributed by atoms with Crippen molar-refractivity contribution < 1.29 is 19.5 Å². The average Bonchev–Trinajstić information content (AvgIpc) is 2.91. The predicted octanol–water partition coefficient (Wildman–Crippen LogP) is 1.29. The highest BCUT2D eigenvalue weighted by molar-refractivity contribution is 7.98. The smallest absolute Gasteiger partial charge is 0.326 e. The summed E-state index contributed by atoms with van der Waals surface area (Å²) in [6, 6.07) is 7.86. The SMILES string of the molecule is CSCCC(NC(=O)NC1CC(=O)N(Cc2ccccc2)C1)C(=O)O. The lowest BCUT2D eigenvalue weighted by Crippen LogP contribution is -2.49. The van der Waals surface area contributed by atoms with Gasteiger partial charge >= 0.3 is 12.0 Å². The molecule has 0 bridgehead atoms. The predicted molar refractivity (Wildman–Crippen MR) is 96.4 cm³/mol. The van der Waals surface area contributed by atoms with Crippen LogP contribution in [0, 0.1) is 0 Å². The van der Waals surface area contributed by atoms with Gasteiger partial charge in [0.1, 0.15) is 6.04 Å². The Morgan fingerprint density at radius 2 is 2.08 bits per heavy atom. The Kier molecular flexibility index (Phi) is 7.12. The van der Waals surface area contributed by atoms with Crippen LogP contribution in [0.25, 0.3) is 0 Å². The number of nitrogens with zero attached hydrogens (tertiary/aromatic N) is 1. The molecule has 7 nitrogen and oxygen atoms in total. The third-order valence-electron chi connectivity index (χ3n) is 3.98. The molecule has 136 valence electrons. The van der Waals surface area contributed by atoms with Gasteiger partial charge in [-0.25, -0.2) is 9.59 Å². The van der Waals surface area contributed by atoms with Gasteiger partial charge in [-0.1, -0.05) is 30.3 Å². The van der Waals surface area contributed by atoms with E-state index in [4.69, 9.17) is 5.11 Å². The first kappa shape index (κ1) is 19.1. The van der Waals surface area contributed by atoms with E-state index in [2.05, 4.69) is 10.6 Å². The second-order valence-corrected chi connectivity index (χ2v) is 6.94. The Hall–Kier alpha value is -2.22. The van der Waals surface area contributed by atoms with E-state index in [0.717, 1.165) is 5.56 Å². The molecule has 1 fully saturated rings. The maximum Gasteiger partial charge on any atom is 0.326 e. The Labute approximate surface area is 151 Å². The number of amides is 3. The van der Waals surface area contributed by atoms with E-state index in [1.165, 1.54) is 11.8 Å². The number of thioether (sulfide) groups is 1. The molecule has 0 spiro atoms. The molecule has 1 heterocycles. The zero-order valence-corrected chi connectivity index (χ0v) is 14.9. The van der Waals surface area contributed by atoms with Gasteiger partial charge in [-0.05, 0) is 24.0 Å². The van der Waals surface area contributed by atoms with Crippen molar-refractivity contribution in [2.75, 3.05) is 18.6 Å². The third-order valence-corrected chi connectivity index (χ3v) is 4.62. The van der Waals surface area contributed by atoms with E-state index in [1.807, 2.05) is 36.6 Å². The molecule has 25 heavy (non-hydrogen) atoms. The molecule has 0 saturated carbocycles. The normalized spacial score (nSPS) is 18.0. The molecule has 2 unspecified atom stereocenters. The van der Waals surface area contributed by atoms with Gasteiger partial charge in [0.05, 0.1) is 6.04 Å². The second-order valence-electron chi connectivity index (χ2n) is 5.95. The molecule has 0 radical (unpaired) electrons. The number of urea groups is 1. The Bertz CT molecular complexity index is 611. The lowest BCUT2D eigenvalue weighted by Gasteiger charge is -2.19. The minimum atomic E-state index is -1.06. The standard InChI is InChI=1S/C17H23N3O4S/c1-25-8-7-14(16(22)23)19-17(24)18-13-9-15(21)20(11-13)10-12-5-3-2-4-6-12/h2-6,13-14H,7-11H2,1H3,(H,22,23)(H2,18,19,24). The van der Waals surface area contributed by atoms with Crippen LogP contribution in [-0.4, -0.2) is 58.6 Å². The topological polar surface area (TPSA) is 98.7 Å². The molecule has 3 N–H and O–H groups in total. The summed E-state index contributed by atoms with van der Waals surface area (Å²) in [7, 11) is 0. The summed E-state index contributed by atoms with van der Waals surface area (Å²) in [5.41, 5.74) is 1.03. The molecule has 2 atom stereocenters. The van der Waals surface area contributed by atoms with Gasteiger partial charge in [-0.3, -0.25) is 4.79 Å². The highest BCUT2D eigenvalue weighted by Gasteiger charge is 2.31. The number of carbonyl (C=O) groups excluding carboxylic acids is 2. The minimum Gasteiger partial charge on any atom is -0.480 e. The van der Waals surface area contributed by atoms with Crippen LogP contribution in [0.4, 0.5) is 4.79 Å². The molecule has 1 aliphatic rings. The maximum atomic E-state index is 12.1. The lowest BCUT2D eigenvalue weighted by atomic mass is 10.2. The number of carboxylic acids is 1. The van der Waals surface area contributed by atoms with E-state index < -0.39 is 18.0 Å². The summed E-state index contributed by atoms with van der Waals surface area (Å²) >= 11 is 1.52. The maximum absolute atomic E-state index is 12.1. The molecule has 1 aromatic carbocycles. The molecule has 8 heteroatoms. The molecular weight excluding hydrogens is 342 g/mol. The van der Waals surface area contributed by atoms with Gasteiger partial charge in [-0.15, -0.1) is 0 Å². The van der Waals surface area contributed by atoms with Gasteiger partial charge in [0, 0.05) is 19.5 Å². The Balaban J connectivity index is 1.83. The molecule has 0 aromatic heterocycles. The van der Waals surface area contributed by atoms with Crippen molar-refractivity contribution in [2.24, 2.45) is 0 Å². The fraction of sp³-hybridized carbons (Fsp3) is 0.471. The van der Waals surface area contributed by atoms with Crippen LogP contribution in [0.2, 0.25) is 0 Å². The summed E-state index contributed by atoms with van der Waals surface area (Å²) in [5, 5.41) is 14.3. The highest BCUT2D eigenvalue weighted by Crippen LogP contribution is 2.15. The number of hydrogen-bond donors (Lipinski definition) is 3. The molecule has 1 saturated heterocycles. The largest absolute Gasteiger partial charge is 0.480 e. The molecular formula is C17H23N3O4S.